The molecule has 0 saturated heterocycles. The Morgan fingerprint density at radius 1 is 1.30 bits per heavy atom. The molecule has 1 unspecified atom stereocenters. The lowest BCUT2D eigenvalue weighted by atomic mass is 10.00. The summed E-state index contributed by atoms with van der Waals surface area (Å²) in [7, 11) is -3.23. The average molecular weight is 352 g/mol. The highest BCUT2D eigenvalue weighted by Gasteiger charge is 2.30. The molecule has 0 N–H and O–H groups in total. The monoisotopic (exact) mass is 351 g/mol. The number of benzene rings is 1. The second-order valence-electron chi connectivity index (χ2n) is 5.62. The molecule has 0 radical (unpaired) electrons. The summed E-state index contributed by atoms with van der Waals surface area (Å²) < 4.78 is 25.2. The van der Waals surface area contributed by atoms with Crippen molar-refractivity contribution in [3.63, 3.8) is 0 Å². The van der Waals surface area contributed by atoms with Crippen molar-refractivity contribution in [3.05, 3.63) is 46.4 Å². The van der Waals surface area contributed by atoms with Crippen molar-refractivity contribution < 1.29 is 8.76 Å². The number of sulfonamides is 1. The molecule has 2 heterocycles. The lowest BCUT2D eigenvalue weighted by Crippen LogP contribution is -2.40. The SMILES string of the molecule is CCc1nc2c(c(-c3ccc(Cl)cc3)n1)CN([S+](C)(=O)[O-])CC2. The molecule has 122 valence electrons. The van der Waals surface area contributed by atoms with E-state index in [1.165, 1.54) is 10.6 Å². The number of halogens is 1. The van der Waals surface area contributed by atoms with Gasteiger partial charge in [-0.25, -0.2) is 9.97 Å². The van der Waals surface area contributed by atoms with Gasteiger partial charge in [0.2, 0.25) is 0 Å². The standard InChI is InChI=1S/C16H18ClN3O2S/c1-3-15-18-14-8-9-20(23(2,21)22)10-13(14)16(19-15)11-4-6-12(17)7-5-11/h4-7H,3,8-10H2,1-2H3. The summed E-state index contributed by atoms with van der Waals surface area (Å²) in [6.45, 7) is 2.79. The number of fused-ring (bicyclic) bond motifs is 1. The molecule has 1 aromatic carbocycles. The van der Waals surface area contributed by atoms with Gasteiger partial charge in [-0.05, 0) is 12.1 Å². The van der Waals surface area contributed by atoms with Gasteiger partial charge in [-0.3, -0.25) is 0 Å². The van der Waals surface area contributed by atoms with Crippen molar-refractivity contribution in [2.24, 2.45) is 0 Å². The summed E-state index contributed by atoms with van der Waals surface area (Å²) in [5, 5.41) is 0.658. The highest BCUT2D eigenvalue weighted by Crippen LogP contribution is 2.30. The van der Waals surface area contributed by atoms with E-state index in [1.54, 1.807) is 0 Å². The summed E-state index contributed by atoms with van der Waals surface area (Å²) in [6, 6.07) is 7.44. The van der Waals surface area contributed by atoms with E-state index in [-0.39, 0.29) is 0 Å². The fourth-order valence-electron chi connectivity index (χ4n) is 2.73. The van der Waals surface area contributed by atoms with Gasteiger partial charge in [0.1, 0.15) is 22.5 Å². The number of nitrogens with zero attached hydrogens (tertiary/aromatic N) is 3. The number of aromatic nitrogens is 2. The quantitative estimate of drug-likeness (QED) is 0.797. The van der Waals surface area contributed by atoms with Crippen LogP contribution in [-0.2, 0) is 34.0 Å². The molecule has 7 heteroatoms. The Hall–Kier alpha value is -1.34. The predicted molar refractivity (Wildman–Crippen MR) is 90.7 cm³/mol. The fourth-order valence-corrected chi connectivity index (χ4v) is 3.64. The minimum atomic E-state index is -3.23. The first-order chi connectivity index (χ1) is 10.9. The topological polar surface area (TPSA) is 69.2 Å². The lowest BCUT2D eigenvalue weighted by molar-refractivity contribution is 0.342. The van der Waals surface area contributed by atoms with E-state index in [4.69, 9.17) is 11.6 Å². The summed E-state index contributed by atoms with van der Waals surface area (Å²) >= 11 is 5.96. The Morgan fingerprint density at radius 3 is 2.61 bits per heavy atom. The van der Waals surface area contributed by atoms with Crippen LogP contribution < -0.4 is 0 Å². The lowest BCUT2D eigenvalue weighted by Gasteiger charge is -2.30. The molecule has 0 saturated carbocycles. The molecule has 1 aliphatic heterocycles. The second kappa shape index (κ2) is 6.28. The molecule has 0 bridgehead atoms. The van der Waals surface area contributed by atoms with Crippen molar-refractivity contribution in [2.75, 3.05) is 12.8 Å². The Labute approximate surface area is 142 Å². The van der Waals surface area contributed by atoms with E-state index in [1.807, 2.05) is 31.2 Å². The zero-order valence-corrected chi connectivity index (χ0v) is 14.7. The normalized spacial score (nSPS) is 17.6. The van der Waals surface area contributed by atoms with Crippen LogP contribution in [0.3, 0.4) is 0 Å². The van der Waals surface area contributed by atoms with Gasteiger partial charge in [-0.2, -0.15) is 0 Å². The fraction of sp³-hybridized carbons (Fsp3) is 0.375. The van der Waals surface area contributed by atoms with Crippen LogP contribution in [0.2, 0.25) is 5.02 Å². The van der Waals surface area contributed by atoms with Gasteiger partial charge >= 0.3 is 0 Å². The molecule has 0 aliphatic carbocycles. The van der Waals surface area contributed by atoms with E-state index in [0.29, 0.717) is 24.5 Å². The minimum Gasteiger partial charge on any atom is -0.598 e. The molecule has 0 amide bonds. The average Bonchev–Trinajstić information content (AvgIpc) is 2.53. The van der Waals surface area contributed by atoms with Crippen LogP contribution in [0.1, 0.15) is 24.0 Å². The Bertz CT molecular complexity index is 774. The Balaban J connectivity index is 2.12. The summed E-state index contributed by atoms with van der Waals surface area (Å²) in [5.74, 6) is 0.779. The van der Waals surface area contributed by atoms with Gasteiger partial charge in [0.15, 0.2) is 0 Å². The number of aryl methyl sites for hydroxylation is 1. The highest BCUT2D eigenvalue weighted by atomic mass is 35.5. The van der Waals surface area contributed by atoms with Gasteiger partial charge in [0.05, 0.1) is 17.9 Å². The Kier molecular flexibility index (Phi) is 4.51. The van der Waals surface area contributed by atoms with Crippen molar-refractivity contribution in [2.45, 2.75) is 26.3 Å². The molecule has 5 nitrogen and oxygen atoms in total. The maximum atomic E-state index is 11.9. The van der Waals surface area contributed by atoms with Crippen LogP contribution in [0.4, 0.5) is 0 Å². The first-order valence-electron chi connectivity index (χ1n) is 7.48. The number of rotatable bonds is 3. The first-order valence-corrected chi connectivity index (χ1v) is 9.71. The van der Waals surface area contributed by atoms with Crippen molar-refractivity contribution in [3.8, 4) is 11.3 Å². The second-order valence-corrected chi connectivity index (χ2v) is 8.04. The summed E-state index contributed by atoms with van der Waals surface area (Å²) in [6.07, 6.45) is 2.59. The highest BCUT2D eigenvalue weighted by molar-refractivity contribution is 7.94. The first kappa shape index (κ1) is 16.5. The van der Waals surface area contributed by atoms with Crippen LogP contribution in [0, 0.1) is 0 Å². The zero-order valence-electron chi connectivity index (χ0n) is 13.1. The molecular formula is C16H18ClN3O2S. The van der Waals surface area contributed by atoms with E-state index in [2.05, 4.69) is 9.97 Å². The molecule has 1 aromatic heterocycles. The summed E-state index contributed by atoms with van der Waals surface area (Å²) in [4.78, 5) is 9.24. The maximum absolute atomic E-state index is 11.9. The van der Waals surface area contributed by atoms with E-state index in [0.717, 1.165) is 34.8 Å². The number of hydrogen-bond acceptors (Lipinski definition) is 4. The smallest absolute Gasteiger partial charge is 0.129 e. The molecule has 2 aromatic rings. The van der Waals surface area contributed by atoms with Gasteiger partial charge < -0.3 is 4.55 Å². The molecule has 1 aliphatic rings. The van der Waals surface area contributed by atoms with Gasteiger partial charge in [-0.15, -0.1) is 4.31 Å². The predicted octanol–water partition coefficient (Wildman–Crippen LogP) is 2.89. The third-order valence-electron chi connectivity index (χ3n) is 3.97. The van der Waals surface area contributed by atoms with Gasteiger partial charge in [0.25, 0.3) is 0 Å². The molecule has 23 heavy (non-hydrogen) atoms. The van der Waals surface area contributed by atoms with Crippen LogP contribution in [0.5, 0.6) is 0 Å². The van der Waals surface area contributed by atoms with E-state index < -0.39 is 10.4 Å². The van der Waals surface area contributed by atoms with E-state index in [9.17, 15) is 8.76 Å². The van der Waals surface area contributed by atoms with Crippen molar-refractivity contribution in [1.82, 2.24) is 14.3 Å². The molecule has 3 rings (SSSR count). The van der Waals surface area contributed by atoms with Gasteiger partial charge in [-0.1, -0.05) is 34.9 Å². The minimum absolute atomic E-state index is 0.316. The van der Waals surface area contributed by atoms with Crippen molar-refractivity contribution >= 4 is 22.0 Å². The van der Waals surface area contributed by atoms with Gasteiger partial charge in [0, 0.05) is 35.5 Å². The third kappa shape index (κ3) is 3.45. The van der Waals surface area contributed by atoms with Crippen molar-refractivity contribution in [1.29, 1.82) is 0 Å². The zero-order chi connectivity index (χ0) is 16.6. The molecule has 0 fully saturated rings. The van der Waals surface area contributed by atoms with E-state index >= 15 is 0 Å². The van der Waals surface area contributed by atoms with Crippen LogP contribution in [0.15, 0.2) is 24.3 Å². The number of hydrogen-bond donors (Lipinski definition) is 0. The van der Waals surface area contributed by atoms with Crippen LogP contribution in [0.25, 0.3) is 11.3 Å². The molecule has 1 atom stereocenters. The van der Waals surface area contributed by atoms with Crippen LogP contribution >= 0.6 is 11.6 Å². The summed E-state index contributed by atoms with van der Waals surface area (Å²) in [5.41, 5.74) is 3.57. The molecule has 0 spiro atoms. The largest absolute Gasteiger partial charge is 0.598 e. The Morgan fingerprint density at radius 2 is 2.00 bits per heavy atom. The molecular weight excluding hydrogens is 334 g/mol. The third-order valence-corrected chi connectivity index (χ3v) is 5.48. The maximum Gasteiger partial charge on any atom is 0.129 e. The van der Waals surface area contributed by atoms with Crippen LogP contribution in [-0.4, -0.2) is 31.6 Å².